The fourth-order valence-electron chi connectivity index (χ4n) is 2.91. The second-order valence-electron chi connectivity index (χ2n) is 8.25. The molecule has 0 heterocycles. The Hall–Kier alpha value is -2.47. The number of hydroxylamine groups is 1. The molecule has 0 spiro atoms. The molecule has 0 aliphatic carbocycles. The van der Waals surface area contributed by atoms with Crippen LogP contribution in [0.4, 0.5) is 0 Å². The average Bonchev–Trinajstić information content (AvgIpc) is 2.71. The molecule has 2 aromatic rings. The average molecular weight is 485 g/mol. The zero-order valence-corrected chi connectivity index (χ0v) is 20.2. The molecule has 2 N–H and O–H groups in total. The van der Waals surface area contributed by atoms with Crippen molar-refractivity contribution in [2.24, 2.45) is 5.92 Å². The molecule has 0 saturated carbocycles. The predicted octanol–water partition coefficient (Wildman–Crippen LogP) is 2.81. The standard InChI is InChI=1S/C21H28N2O7S2/c1-15(2)14-23(21(3,4)20(24)22-25)32(28,29)19-12-8-17(9-13-19)30-16-6-10-18(11-7-16)31(5,26)27/h6-13,15,25H,14H2,1-5H3,(H,22,24). The van der Waals surface area contributed by atoms with Gasteiger partial charge in [0.15, 0.2) is 9.84 Å². The van der Waals surface area contributed by atoms with Gasteiger partial charge >= 0.3 is 0 Å². The van der Waals surface area contributed by atoms with E-state index in [4.69, 9.17) is 9.94 Å². The molecule has 0 bridgehead atoms. The van der Waals surface area contributed by atoms with Crippen molar-refractivity contribution in [3.63, 3.8) is 0 Å². The van der Waals surface area contributed by atoms with Gasteiger partial charge in [0.1, 0.15) is 17.0 Å². The summed E-state index contributed by atoms with van der Waals surface area (Å²) in [6, 6.07) is 11.5. The Kier molecular flexibility index (Phi) is 7.71. The van der Waals surface area contributed by atoms with Crippen molar-refractivity contribution in [1.82, 2.24) is 9.79 Å². The van der Waals surface area contributed by atoms with Gasteiger partial charge in [-0.2, -0.15) is 4.31 Å². The van der Waals surface area contributed by atoms with Crippen LogP contribution in [0.5, 0.6) is 11.5 Å². The molecule has 1 amide bonds. The van der Waals surface area contributed by atoms with Gasteiger partial charge in [-0.05, 0) is 68.3 Å². The number of sulfonamides is 1. The van der Waals surface area contributed by atoms with E-state index in [0.717, 1.165) is 10.6 Å². The summed E-state index contributed by atoms with van der Waals surface area (Å²) in [5.41, 5.74) is -0.00392. The quantitative estimate of drug-likeness (QED) is 0.413. The zero-order chi connectivity index (χ0) is 24.3. The van der Waals surface area contributed by atoms with Crippen molar-refractivity contribution in [2.45, 2.75) is 43.0 Å². The lowest BCUT2D eigenvalue weighted by molar-refractivity contribution is -0.137. The van der Waals surface area contributed by atoms with Gasteiger partial charge in [-0.25, -0.2) is 22.3 Å². The molecule has 2 rings (SSSR count). The number of nitrogens with one attached hydrogen (secondary N) is 1. The van der Waals surface area contributed by atoms with Crippen LogP contribution in [-0.4, -0.2) is 50.6 Å². The highest BCUT2D eigenvalue weighted by atomic mass is 32.2. The summed E-state index contributed by atoms with van der Waals surface area (Å²) in [6.45, 7) is 6.53. The highest BCUT2D eigenvalue weighted by molar-refractivity contribution is 7.90. The van der Waals surface area contributed by atoms with Gasteiger partial charge in [-0.1, -0.05) is 13.8 Å². The van der Waals surface area contributed by atoms with Gasteiger partial charge in [-0.3, -0.25) is 10.0 Å². The molecule has 0 atom stereocenters. The largest absolute Gasteiger partial charge is 0.457 e. The number of hydrogen-bond acceptors (Lipinski definition) is 7. The summed E-state index contributed by atoms with van der Waals surface area (Å²) in [6.07, 6.45) is 1.11. The number of rotatable bonds is 9. The molecular weight excluding hydrogens is 456 g/mol. The molecule has 11 heteroatoms. The fraction of sp³-hybridized carbons (Fsp3) is 0.381. The van der Waals surface area contributed by atoms with Gasteiger partial charge < -0.3 is 4.74 Å². The monoisotopic (exact) mass is 484 g/mol. The molecule has 0 saturated heterocycles. The van der Waals surface area contributed by atoms with Gasteiger partial charge in [-0.15, -0.1) is 0 Å². The van der Waals surface area contributed by atoms with Crippen LogP contribution in [0, 0.1) is 5.92 Å². The summed E-state index contributed by atoms with van der Waals surface area (Å²) in [5.74, 6) is -0.193. The number of benzene rings is 2. The Morgan fingerprint density at radius 1 is 0.969 bits per heavy atom. The number of carbonyl (C=O) groups excluding carboxylic acids is 1. The second-order valence-corrected chi connectivity index (χ2v) is 12.1. The van der Waals surface area contributed by atoms with E-state index < -0.39 is 31.3 Å². The summed E-state index contributed by atoms with van der Waals surface area (Å²) in [7, 11) is -7.40. The number of ether oxygens (including phenoxy) is 1. The highest BCUT2D eigenvalue weighted by Gasteiger charge is 2.42. The van der Waals surface area contributed by atoms with E-state index in [1.807, 2.05) is 13.8 Å². The van der Waals surface area contributed by atoms with E-state index in [2.05, 4.69) is 0 Å². The Labute approximate surface area is 188 Å². The molecule has 0 aliphatic heterocycles. The maximum absolute atomic E-state index is 13.3. The third kappa shape index (κ3) is 5.85. The minimum atomic E-state index is -4.08. The first-order chi connectivity index (χ1) is 14.7. The molecule has 0 unspecified atom stereocenters. The Balaban J connectivity index is 2.31. The Morgan fingerprint density at radius 2 is 1.41 bits per heavy atom. The second kappa shape index (κ2) is 9.57. The van der Waals surface area contributed by atoms with Crippen molar-refractivity contribution in [2.75, 3.05) is 12.8 Å². The Bertz CT molecular complexity index is 1160. The van der Waals surface area contributed by atoms with E-state index in [9.17, 15) is 21.6 Å². The van der Waals surface area contributed by atoms with E-state index in [-0.39, 0.29) is 22.3 Å². The van der Waals surface area contributed by atoms with Crippen molar-refractivity contribution >= 4 is 25.8 Å². The number of amides is 1. The van der Waals surface area contributed by atoms with Crippen LogP contribution in [0.1, 0.15) is 27.7 Å². The number of nitrogens with zero attached hydrogens (tertiary/aromatic N) is 1. The molecule has 0 fully saturated rings. The number of carbonyl (C=O) groups is 1. The van der Waals surface area contributed by atoms with E-state index in [1.54, 1.807) is 0 Å². The molecular formula is C21H28N2O7S2. The lowest BCUT2D eigenvalue weighted by atomic mass is 10.0. The van der Waals surface area contributed by atoms with Crippen molar-refractivity contribution in [3.8, 4) is 11.5 Å². The molecule has 0 aliphatic rings. The third-order valence-electron chi connectivity index (χ3n) is 4.71. The zero-order valence-electron chi connectivity index (χ0n) is 18.6. The van der Waals surface area contributed by atoms with Crippen molar-refractivity contribution < 1.29 is 31.6 Å². The normalized spacial score (nSPS) is 12.8. The number of sulfone groups is 1. The minimum absolute atomic E-state index is 0.0447. The molecule has 2 aromatic carbocycles. The molecule has 32 heavy (non-hydrogen) atoms. The smallest absolute Gasteiger partial charge is 0.264 e. The van der Waals surface area contributed by atoms with Crippen molar-refractivity contribution in [1.29, 1.82) is 0 Å². The van der Waals surface area contributed by atoms with Crippen LogP contribution in [0.15, 0.2) is 58.3 Å². The van der Waals surface area contributed by atoms with Crippen LogP contribution in [0.2, 0.25) is 0 Å². The van der Waals surface area contributed by atoms with E-state index in [0.29, 0.717) is 11.5 Å². The third-order valence-corrected chi connectivity index (χ3v) is 7.89. The van der Waals surface area contributed by atoms with Crippen LogP contribution in [-0.2, 0) is 24.7 Å². The fourth-order valence-corrected chi connectivity index (χ4v) is 5.45. The van der Waals surface area contributed by atoms with Crippen molar-refractivity contribution in [3.05, 3.63) is 48.5 Å². The summed E-state index contributed by atoms with van der Waals surface area (Å²) in [5, 5.41) is 9.06. The first-order valence-corrected chi connectivity index (χ1v) is 13.1. The highest BCUT2D eigenvalue weighted by Crippen LogP contribution is 2.29. The topological polar surface area (TPSA) is 130 Å². The van der Waals surface area contributed by atoms with Gasteiger partial charge in [0.2, 0.25) is 10.0 Å². The maximum atomic E-state index is 13.3. The summed E-state index contributed by atoms with van der Waals surface area (Å²) >= 11 is 0. The summed E-state index contributed by atoms with van der Waals surface area (Å²) in [4.78, 5) is 12.3. The minimum Gasteiger partial charge on any atom is -0.457 e. The predicted molar refractivity (Wildman–Crippen MR) is 119 cm³/mol. The maximum Gasteiger partial charge on any atom is 0.264 e. The van der Waals surface area contributed by atoms with Crippen LogP contribution in [0.25, 0.3) is 0 Å². The number of hydrogen-bond donors (Lipinski definition) is 2. The lowest BCUT2D eigenvalue weighted by Crippen LogP contribution is -2.57. The van der Waals surface area contributed by atoms with Gasteiger partial charge in [0.25, 0.3) is 5.91 Å². The molecule has 0 aromatic heterocycles. The van der Waals surface area contributed by atoms with E-state index >= 15 is 0 Å². The van der Waals surface area contributed by atoms with Crippen LogP contribution >= 0.6 is 0 Å². The summed E-state index contributed by atoms with van der Waals surface area (Å²) < 4.78 is 56.4. The van der Waals surface area contributed by atoms with Gasteiger partial charge in [0, 0.05) is 12.8 Å². The molecule has 176 valence electrons. The lowest BCUT2D eigenvalue weighted by Gasteiger charge is -2.36. The molecule has 0 radical (unpaired) electrons. The van der Waals surface area contributed by atoms with Gasteiger partial charge in [0.05, 0.1) is 9.79 Å². The van der Waals surface area contributed by atoms with E-state index in [1.165, 1.54) is 67.9 Å². The molecule has 9 nitrogen and oxygen atoms in total. The van der Waals surface area contributed by atoms with Crippen LogP contribution in [0.3, 0.4) is 0 Å². The first kappa shape index (κ1) is 25.8. The Morgan fingerprint density at radius 3 is 1.78 bits per heavy atom. The van der Waals surface area contributed by atoms with Crippen LogP contribution < -0.4 is 10.2 Å². The first-order valence-electron chi connectivity index (χ1n) is 9.75. The SMILES string of the molecule is CC(C)CN(C(C)(C)C(=O)NO)S(=O)(=O)c1ccc(Oc2ccc(S(C)(=O)=O)cc2)cc1.